The first-order valence-corrected chi connectivity index (χ1v) is 13.1. The topological polar surface area (TPSA) is 107 Å². The molecule has 3 fully saturated rings. The molecule has 3 heterocycles. The summed E-state index contributed by atoms with van der Waals surface area (Å²) in [4.78, 5) is 0. The van der Waals surface area contributed by atoms with Crippen LogP contribution in [0.3, 0.4) is 0 Å². The van der Waals surface area contributed by atoms with Crippen LogP contribution in [0.1, 0.15) is 55.4 Å². The number of ether oxygens (including phenoxy) is 5. The zero-order valence-electron chi connectivity index (χ0n) is 23.9. The number of aliphatic hydroxyl groups is 3. The van der Waals surface area contributed by atoms with Crippen molar-refractivity contribution in [3.8, 4) is 0 Å². The van der Waals surface area contributed by atoms with Gasteiger partial charge in [0.25, 0.3) is 0 Å². The Kier molecular flexibility index (Phi) is 20.8. The number of rotatable bonds is 7. The monoisotopic (exact) mass is 1170 g/mol. The predicted molar refractivity (Wildman–Crippen MR) is 127 cm³/mol. The van der Waals surface area contributed by atoms with Crippen molar-refractivity contribution in [2.45, 2.75) is 105 Å². The van der Waals surface area contributed by atoms with Crippen LogP contribution in [0.2, 0.25) is 0 Å². The molecule has 209 valence electrons. The van der Waals surface area contributed by atoms with E-state index >= 15 is 0 Å². The minimum Gasteiger partial charge on any atom is -0.394 e. The SMILES string of the molecule is CC1OC(CO)[C@H](O[C@@H]2OC(CO)[C@H](O[C@@H]3OC(CO)[C@H](C)[C@H](C)C3C)[C@H](C)C2C)[C@H](C)C1C.[Ac].[Ac].[Ac]. The molecular formula is C26H48Ac3O8. The molecule has 0 spiro atoms. The van der Waals surface area contributed by atoms with Gasteiger partial charge in [-0.05, 0) is 36.5 Å². The molecule has 3 aliphatic heterocycles. The average Bonchev–Trinajstić information content (AvgIpc) is 2.83. The second-order valence-electron chi connectivity index (χ2n) is 11.2. The van der Waals surface area contributed by atoms with Crippen LogP contribution in [0, 0.1) is 174 Å². The predicted octanol–water partition coefficient (Wildman–Crippen LogP) is 2.42. The van der Waals surface area contributed by atoms with Crippen molar-refractivity contribution in [1.29, 1.82) is 0 Å². The molecule has 0 bridgehead atoms. The van der Waals surface area contributed by atoms with Gasteiger partial charge in [0.15, 0.2) is 12.6 Å². The first-order valence-electron chi connectivity index (χ1n) is 13.1. The Morgan fingerprint density at radius 3 is 1.30 bits per heavy atom. The smallest absolute Gasteiger partial charge is 0.161 e. The molecule has 0 amide bonds. The van der Waals surface area contributed by atoms with Crippen LogP contribution >= 0.6 is 0 Å². The standard InChI is InChI=1S/C26H48O8.3Ac/c1-12-14(3)20(9-27)31-25(17(12)6)34-24-16(5)18(7)26(32-22(24)11-29)33-23-15(4)13(2)19(8)30-21(23)10-28;;;/h12-29H,9-11H2,1-8H3;;;/t12-,13?,14+,15+,16+,17?,18?,19?,20?,21?,22?,23+,24+,25-,26-;;;/m0.../s1. The summed E-state index contributed by atoms with van der Waals surface area (Å²) in [6.45, 7) is 16.5. The Bertz CT molecular complexity index is 643. The van der Waals surface area contributed by atoms with Gasteiger partial charge in [-0.25, -0.2) is 0 Å². The van der Waals surface area contributed by atoms with E-state index in [1.54, 1.807) is 0 Å². The third-order valence-electron chi connectivity index (χ3n) is 9.40. The van der Waals surface area contributed by atoms with Crippen molar-refractivity contribution in [2.24, 2.45) is 41.4 Å². The first-order chi connectivity index (χ1) is 16.0. The molecule has 3 N–H and O–H groups in total. The van der Waals surface area contributed by atoms with E-state index in [0.717, 1.165) is 0 Å². The summed E-state index contributed by atoms with van der Waals surface area (Å²) in [5.41, 5.74) is 0. The van der Waals surface area contributed by atoms with E-state index in [2.05, 4.69) is 48.5 Å². The van der Waals surface area contributed by atoms with Gasteiger partial charge in [-0.1, -0.05) is 48.5 Å². The van der Waals surface area contributed by atoms with E-state index in [9.17, 15) is 15.3 Å². The van der Waals surface area contributed by atoms with E-state index < -0.39 is 24.8 Å². The molecule has 15 atom stereocenters. The van der Waals surface area contributed by atoms with Crippen LogP contribution < -0.4 is 0 Å². The first kappa shape index (κ1) is 41.0. The van der Waals surface area contributed by atoms with Crippen LogP contribution in [0.15, 0.2) is 0 Å². The molecule has 3 radical (unpaired) electrons. The van der Waals surface area contributed by atoms with Crippen molar-refractivity contribution in [3.63, 3.8) is 0 Å². The molecule has 3 saturated heterocycles. The molecular weight excluding hydrogens is 1120 g/mol. The van der Waals surface area contributed by atoms with Crippen LogP contribution in [0.4, 0.5) is 0 Å². The average molecular weight is 1170 g/mol. The van der Waals surface area contributed by atoms with Crippen molar-refractivity contribution in [3.05, 3.63) is 0 Å². The number of hydrogen-bond donors (Lipinski definition) is 3. The summed E-state index contributed by atoms with van der Waals surface area (Å²) in [7, 11) is 0. The summed E-state index contributed by atoms with van der Waals surface area (Å²) >= 11 is 0. The van der Waals surface area contributed by atoms with E-state index in [-0.39, 0.29) is 212 Å². The molecule has 0 aliphatic carbocycles. The Labute approximate surface area is 331 Å². The normalized spacial score (nSPS) is 48.2. The molecule has 0 aromatic heterocycles. The molecule has 3 rings (SSSR count). The van der Waals surface area contributed by atoms with Crippen LogP contribution in [-0.4, -0.2) is 84.3 Å². The summed E-state index contributed by atoms with van der Waals surface area (Å²) < 4.78 is 31.4. The number of hydrogen-bond acceptors (Lipinski definition) is 8. The molecule has 7 unspecified atom stereocenters. The fourth-order valence-electron chi connectivity index (χ4n) is 5.84. The second-order valence-corrected chi connectivity index (χ2v) is 11.2. The van der Waals surface area contributed by atoms with Gasteiger partial charge in [0.05, 0.1) is 44.2 Å². The maximum atomic E-state index is 10.2. The third kappa shape index (κ3) is 9.50. The molecule has 11 heteroatoms. The van der Waals surface area contributed by atoms with Crippen LogP contribution in [0.25, 0.3) is 0 Å². The van der Waals surface area contributed by atoms with Gasteiger partial charge in [-0.2, -0.15) is 0 Å². The fourth-order valence-corrected chi connectivity index (χ4v) is 5.84. The molecule has 8 nitrogen and oxygen atoms in total. The van der Waals surface area contributed by atoms with Crippen molar-refractivity contribution < 1.29 is 171 Å². The molecule has 0 saturated carbocycles. The zero-order valence-corrected chi connectivity index (χ0v) is 38.1. The maximum absolute atomic E-state index is 10.2. The molecule has 3 aliphatic rings. The van der Waals surface area contributed by atoms with E-state index in [4.69, 9.17) is 23.7 Å². The van der Waals surface area contributed by atoms with Gasteiger partial charge >= 0.3 is 0 Å². The largest absolute Gasteiger partial charge is 0.394 e. The van der Waals surface area contributed by atoms with Crippen LogP contribution in [-0.2, 0) is 23.7 Å². The van der Waals surface area contributed by atoms with Gasteiger partial charge in [0.1, 0.15) is 12.2 Å². The number of aliphatic hydroxyl groups excluding tert-OH is 3. The quantitative estimate of drug-likeness (QED) is 0.358. The van der Waals surface area contributed by atoms with Crippen molar-refractivity contribution in [2.75, 3.05) is 19.8 Å². The zero-order chi connectivity index (χ0) is 25.3. The summed E-state index contributed by atoms with van der Waals surface area (Å²) in [6.07, 6.45) is -2.92. The Morgan fingerprint density at radius 2 is 0.838 bits per heavy atom. The van der Waals surface area contributed by atoms with Gasteiger partial charge < -0.3 is 39.0 Å². The minimum atomic E-state index is -0.571. The van der Waals surface area contributed by atoms with Gasteiger partial charge in [0, 0.05) is 144 Å². The summed E-state index contributed by atoms with van der Waals surface area (Å²) in [5, 5.41) is 29.9. The Balaban J connectivity index is 0.00000432. The third-order valence-corrected chi connectivity index (χ3v) is 9.40. The Hall–Kier alpha value is 4.00. The molecule has 0 aromatic carbocycles. The fraction of sp³-hybridized carbons (Fsp3) is 1.00. The van der Waals surface area contributed by atoms with Crippen molar-refractivity contribution in [1.82, 2.24) is 0 Å². The van der Waals surface area contributed by atoms with Gasteiger partial charge in [0.2, 0.25) is 0 Å². The summed E-state index contributed by atoms with van der Waals surface area (Å²) in [5.74, 6) is 1.17. The van der Waals surface area contributed by atoms with E-state index in [1.807, 2.05) is 6.92 Å². The molecule has 37 heavy (non-hydrogen) atoms. The summed E-state index contributed by atoms with van der Waals surface area (Å²) in [6, 6.07) is 0. The van der Waals surface area contributed by atoms with Crippen molar-refractivity contribution >= 4 is 0 Å². The maximum Gasteiger partial charge on any atom is 0.161 e. The minimum absolute atomic E-state index is 0. The Morgan fingerprint density at radius 1 is 0.459 bits per heavy atom. The van der Waals surface area contributed by atoms with E-state index in [0.29, 0.717) is 5.92 Å². The van der Waals surface area contributed by atoms with Gasteiger partial charge in [-0.15, -0.1) is 0 Å². The van der Waals surface area contributed by atoms with E-state index in [1.165, 1.54) is 0 Å². The molecule has 0 aromatic rings. The van der Waals surface area contributed by atoms with Gasteiger partial charge in [-0.3, -0.25) is 0 Å². The van der Waals surface area contributed by atoms with Crippen LogP contribution in [0.5, 0.6) is 0 Å². The second kappa shape index (κ2) is 18.7.